The number of hydrogen-bond acceptors (Lipinski definition) is 4. The lowest BCUT2D eigenvalue weighted by Gasteiger charge is -2.34. The Bertz CT molecular complexity index is 1740. The van der Waals surface area contributed by atoms with Crippen LogP contribution < -0.4 is 0 Å². The number of benzene rings is 5. The van der Waals surface area contributed by atoms with Gasteiger partial charge in [0.15, 0.2) is 0 Å². The van der Waals surface area contributed by atoms with E-state index in [1.807, 2.05) is 48.5 Å². The highest BCUT2D eigenvalue weighted by atomic mass is 32.3. The van der Waals surface area contributed by atoms with Crippen LogP contribution in [0.4, 0.5) is 7.77 Å². The predicted molar refractivity (Wildman–Crippen MR) is 130 cm³/mol. The van der Waals surface area contributed by atoms with E-state index < -0.39 is 35.7 Å². The van der Waals surface area contributed by atoms with Gasteiger partial charge in [0, 0.05) is 0 Å². The van der Waals surface area contributed by atoms with Crippen LogP contribution in [0, 0.1) is 0 Å². The molecule has 0 unspecified atom stereocenters. The molecule has 0 N–H and O–H groups in total. The SMILES string of the molecule is O=S(=O)(F)c1ccc(C2(c3ccc(S(=O)(=O)F)cc3)c3cccc4ccc5cccc2c5c34)cc1. The zero-order valence-corrected chi connectivity index (χ0v) is 19.6. The highest BCUT2D eigenvalue weighted by molar-refractivity contribution is 7.86. The second-order valence-corrected chi connectivity index (χ2v) is 11.2. The van der Waals surface area contributed by atoms with Gasteiger partial charge in [0.2, 0.25) is 0 Å². The van der Waals surface area contributed by atoms with Crippen LogP contribution in [-0.4, -0.2) is 16.8 Å². The maximum atomic E-state index is 13.7. The van der Waals surface area contributed by atoms with Gasteiger partial charge in [0.05, 0.1) is 15.2 Å². The van der Waals surface area contributed by atoms with Crippen molar-refractivity contribution in [2.24, 2.45) is 0 Å². The molecule has 0 fully saturated rings. The predicted octanol–water partition coefficient (Wildman–Crippen LogP) is 6.01. The van der Waals surface area contributed by atoms with E-state index >= 15 is 0 Å². The van der Waals surface area contributed by atoms with Crippen molar-refractivity contribution < 1.29 is 24.6 Å². The summed E-state index contributed by atoms with van der Waals surface area (Å²) in [4.78, 5) is -0.913. The molecule has 5 aromatic carbocycles. The number of halogens is 2. The molecule has 0 radical (unpaired) electrons. The highest BCUT2D eigenvalue weighted by Crippen LogP contribution is 2.55. The lowest BCUT2D eigenvalue weighted by atomic mass is 9.67. The summed E-state index contributed by atoms with van der Waals surface area (Å²) in [6, 6.07) is 27.0. The fourth-order valence-electron chi connectivity index (χ4n) is 5.45. The Morgan fingerprint density at radius 2 is 0.857 bits per heavy atom. The molecule has 8 heteroatoms. The van der Waals surface area contributed by atoms with Crippen molar-refractivity contribution in [1.82, 2.24) is 0 Å². The second kappa shape index (κ2) is 7.19. The Morgan fingerprint density at radius 1 is 0.486 bits per heavy atom. The molecule has 6 rings (SSSR count). The van der Waals surface area contributed by atoms with Gasteiger partial charge in [0.1, 0.15) is 0 Å². The second-order valence-electron chi connectivity index (χ2n) is 8.55. The molecular weight excluding hydrogens is 490 g/mol. The van der Waals surface area contributed by atoms with E-state index in [-0.39, 0.29) is 0 Å². The first-order valence-electron chi connectivity index (χ1n) is 10.7. The van der Waals surface area contributed by atoms with E-state index in [0.29, 0.717) is 11.1 Å². The maximum Gasteiger partial charge on any atom is 0.332 e. The molecular formula is C27H16F2O4S2. The Hall–Kier alpha value is -3.62. The standard InChI is InChI=1S/C27H16F2O4S2/c28-34(30,31)21-13-9-19(10-14-21)27(20-11-15-22(16-12-20)35(29,32)33)23-5-1-3-17-7-8-18-4-2-6-24(27)26(18)25(17)23/h1-16H. The topological polar surface area (TPSA) is 68.3 Å². The first kappa shape index (κ1) is 21.9. The molecule has 174 valence electrons. The Labute approximate surface area is 200 Å². The molecule has 5 aromatic rings. The highest BCUT2D eigenvalue weighted by Gasteiger charge is 2.45. The first-order valence-corrected chi connectivity index (χ1v) is 13.4. The summed E-state index contributed by atoms with van der Waals surface area (Å²) in [6.45, 7) is 0. The van der Waals surface area contributed by atoms with Gasteiger partial charge in [-0.1, -0.05) is 72.8 Å². The van der Waals surface area contributed by atoms with Crippen molar-refractivity contribution in [3.05, 3.63) is 119 Å². The summed E-state index contributed by atoms with van der Waals surface area (Å²) >= 11 is 0. The summed E-state index contributed by atoms with van der Waals surface area (Å²) in [7, 11) is -9.78. The summed E-state index contributed by atoms with van der Waals surface area (Å²) in [5, 5.41) is 4.06. The average molecular weight is 507 g/mol. The van der Waals surface area contributed by atoms with Gasteiger partial charge in [-0.3, -0.25) is 0 Å². The Kier molecular flexibility index (Phi) is 4.50. The molecule has 0 atom stereocenters. The third-order valence-corrected chi connectivity index (χ3v) is 8.50. The van der Waals surface area contributed by atoms with Crippen LogP contribution in [0.15, 0.2) is 107 Å². The fourth-order valence-corrected chi connectivity index (χ4v) is 6.37. The van der Waals surface area contributed by atoms with Crippen LogP contribution in [0.2, 0.25) is 0 Å². The minimum atomic E-state index is -4.89. The molecule has 0 spiro atoms. The number of hydrogen-bond donors (Lipinski definition) is 0. The van der Waals surface area contributed by atoms with E-state index in [0.717, 1.165) is 32.7 Å². The van der Waals surface area contributed by atoms with E-state index in [1.54, 1.807) is 24.3 Å². The fraction of sp³-hybridized carbons (Fsp3) is 0.0370. The van der Waals surface area contributed by atoms with Crippen molar-refractivity contribution in [3.63, 3.8) is 0 Å². The van der Waals surface area contributed by atoms with Crippen molar-refractivity contribution in [1.29, 1.82) is 0 Å². The molecule has 4 nitrogen and oxygen atoms in total. The molecule has 0 saturated carbocycles. The third-order valence-electron chi connectivity index (χ3n) is 6.83. The van der Waals surface area contributed by atoms with Gasteiger partial charge < -0.3 is 0 Å². The van der Waals surface area contributed by atoms with Gasteiger partial charge in [-0.2, -0.15) is 16.8 Å². The van der Waals surface area contributed by atoms with Crippen molar-refractivity contribution in [3.8, 4) is 0 Å². The molecule has 0 aromatic heterocycles. The zero-order chi connectivity index (χ0) is 24.6. The van der Waals surface area contributed by atoms with Gasteiger partial charge >= 0.3 is 20.4 Å². The molecule has 0 amide bonds. The number of rotatable bonds is 4. The molecule has 0 aliphatic heterocycles. The summed E-state index contributed by atoms with van der Waals surface area (Å²) < 4.78 is 73.2. The Balaban J connectivity index is 1.75. The van der Waals surface area contributed by atoms with Crippen molar-refractivity contribution >= 4 is 42.0 Å². The normalized spacial score (nSPS) is 14.7. The van der Waals surface area contributed by atoms with Crippen molar-refractivity contribution in [2.45, 2.75) is 15.2 Å². The molecule has 0 bridgehead atoms. The average Bonchev–Trinajstić information content (AvgIpc) is 3.14. The molecule has 1 aliphatic carbocycles. The van der Waals surface area contributed by atoms with Crippen molar-refractivity contribution in [2.75, 3.05) is 0 Å². The van der Waals surface area contributed by atoms with Gasteiger partial charge in [-0.15, -0.1) is 7.77 Å². The Morgan fingerprint density at radius 3 is 1.20 bits per heavy atom. The van der Waals surface area contributed by atoms with Crippen LogP contribution in [0.3, 0.4) is 0 Å². The molecule has 1 aliphatic rings. The van der Waals surface area contributed by atoms with Crippen LogP contribution in [-0.2, 0) is 25.9 Å². The van der Waals surface area contributed by atoms with Crippen LogP contribution in [0.1, 0.15) is 22.3 Å². The van der Waals surface area contributed by atoms with E-state index in [1.165, 1.54) is 24.3 Å². The summed E-state index contributed by atoms with van der Waals surface area (Å²) in [5.41, 5.74) is 2.18. The van der Waals surface area contributed by atoms with Gasteiger partial charge in [-0.25, -0.2) is 0 Å². The smallest absolute Gasteiger partial charge is 0.189 e. The van der Waals surface area contributed by atoms with Crippen LogP contribution >= 0.6 is 0 Å². The van der Waals surface area contributed by atoms with Gasteiger partial charge in [-0.05, 0) is 68.1 Å². The minimum Gasteiger partial charge on any atom is -0.189 e. The van der Waals surface area contributed by atoms with Crippen LogP contribution in [0.25, 0.3) is 21.5 Å². The maximum absolute atomic E-state index is 13.7. The minimum absolute atomic E-state index is 0.456. The quantitative estimate of drug-likeness (QED) is 0.217. The van der Waals surface area contributed by atoms with Gasteiger partial charge in [0.25, 0.3) is 0 Å². The van der Waals surface area contributed by atoms with E-state index in [2.05, 4.69) is 0 Å². The molecule has 0 heterocycles. The lowest BCUT2D eigenvalue weighted by Crippen LogP contribution is -2.28. The lowest BCUT2D eigenvalue weighted by molar-refractivity contribution is 0.550. The third kappa shape index (κ3) is 3.06. The monoisotopic (exact) mass is 506 g/mol. The van der Waals surface area contributed by atoms with E-state index in [4.69, 9.17) is 0 Å². The van der Waals surface area contributed by atoms with E-state index in [9.17, 15) is 24.6 Å². The molecule has 35 heavy (non-hydrogen) atoms. The zero-order valence-electron chi connectivity index (χ0n) is 17.9. The largest absolute Gasteiger partial charge is 0.332 e. The molecule has 0 saturated heterocycles. The first-order chi connectivity index (χ1) is 16.6. The van der Waals surface area contributed by atoms with Crippen LogP contribution in [0.5, 0.6) is 0 Å². The summed E-state index contributed by atoms with van der Waals surface area (Å²) in [6.07, 6.45) is 0. The summed E-state index contributed by atoms with van der Waals surface area (Å²) in [5.74, 6) is 0.